The first-order valence-corrected chi connectivity index (χ1v) is 11.1. The van der Waals surface area contributed by atoms with E-state index in [-0.39, 0.29) is 9.92 Å². The van der Waals surface area contributed by atoms with Crippen molar-refractivity contribution in [1.82, 2.24) is 0 Å². The first-order valence-electron chi connectivity index (χ1n) is 9.21. The van der Waals surface area contributed by atoms with Crippen LogP contribution in [0.2, 0.25) is 5.02 Å². The first kappa shape index (κ1) is 21.5. The Labute approximate surface area is 167 Å². The lowest BCUT2D eigenvalue weighted by Crippen LogP contribution is -2.27. The van der Waals surface area contributed by atoms with E-state index in [4.69, 9.17) is 21.5 Å². The summed E-state index contributed by atoms with van der Waals surface area (Å²) in [5.41, 5.74) is 0.578. The van der Waals surface area contributed by atoms with Crippen molar-refractivity contribution in [3.8, 4) is 11.5 Å². The van der Waals surface area contributed by atoms with Gasteiger partial charge in [-0.15, -0.1) is 0 Å². The van der Waals surface area contributed by atoms with Gasteiger partial charge in [0.15, 0.2) is 5.75 Å². The topological polar surface area (TPSA) is 72.6 Å². The van der Waals surface area contributed by atoms with Crippen LogP contribution in [0.1, 0.15) is 39.5 Å². The normalized spacial score (nSPS) is 11.4. The smallest absolute Gasteiger partial charge is 0.239 e. The van der Waals surface area contributed by atoms with E-state index in [1.54, 1.807) is 6.07 Å². The summed E-state index contributed by atoms with van der Waals surface area (Å²) >= 11 is 6.54. The number of ether oxygens (including phenoxy) is 1. The van der Waals surface area contributed by atoms with Crippen LogP contribution in [0.25, 0.3) is 0 Å². The van der Waals surface area contributed by atoms with E-state index in [0.717, 1.165) is 38.8 Å². The van der Waals surface area contributed by atoms with E-state index in [1.165, 1.54) is 6.07 Å². The van der Waals surface area contributed by atoms with Crippen molar-refractivity contribution in [2.45, 2.75) is 44.4 Å². The fourth-order valence-electron chi connectivity index (χ4n) is 2.77. The molecule has 2 aromatic carbocycles. The second-order valence-electron chi connectivity index (χ2n) is 6.38. The Morgan fingerprint density at radius 1 is 1.00 bits per heavy atom. The molecule has 7 heteroatoms. The molecular formula is C20H27ClN2O3S. The molecule has 0 saturated carbocycles. The van der Waals surface area contributed by atoms with Crippen molar-refractivity contribution in [1.29, 1.82) is 0 Å². The molecule has 5 nitrogen and oxygen atoms in total. The predicted octanol–water partition coefficient (Wildman–Crippen LogP) is 5.19. The molecule has 0 unspecified atom stereocenters. The Kier molecular flexibility index (Phi) is 7.95. The van der Waals surface area contributed by atoms with E-state index >= 15 is 0 Å². The van der Waals surface area contributed by atoms with Gasteiger partial charge in [-0.05, 0) is 37.1 Å². The molecule has 2 rings (SSSR count). The maximum absolute atomic E-state index is 12.0. The second kappa shape index (κ2) is 9.97. The SMILES string of the molecule is CCCCN(CCCC)c1c(Oc2ccccc2)ccc(S(N)(=O)=O)c1Cl. The van der Waals surface area contributed by atoms with Crippen LogP contribution in [-0.2, 0) is 10.0 Å². The van der Waals surface area contributed by atoms with E-state index < -0.39 is 10.0 Å². The number of nitrogens with zero attached hydrogens (tertiary/aromatic N) is 1. The van der Waals surface area contributed by atoms with Crippen molar-refractivity contribution in [3.63, 3.8) is 0 Å². The molecule has 0 bridgehead atoms. The average molecular weight is 411 g/mol. The van der Waals surface area contributed by atoms with Crippen LogP contribution in [0.3, 0.4) is 0 Å². The standard InChI is InChI=1S/C20H27ClN2O3S/c1-3-5-14-23(15-6-4-2)20-17(26-16-10-8-7-9-11-16)12-13-18(19(20)21)27(22,24)25/h7-13H,3-6,14-15H2,1-2H3,(H2,22,24,25). The third-order valence-electron chi connectivity index (χ3n) is 4.20. The lowest BCUT2D eigenvalue weighted by molar-refractivity contribution is 0.479. The summed E-state index contributed by atoms with van der Waals surface area (Å²) in [5.74, 6) is 1.18. The Hall–Kier alpha value is -1.76. The number of hydrogen-bond donors (Lipinski definition) is 1. The fourth-order valence-corrected chi connectivity index (χ4v) is 3.98. The number of para-hydroxylation sites is 1. The highest BCUT2D eigenvalue weighted by atomic mass is 35.5. The van der Waals surface area contributed by atoms with Crippen molar-refractivity contribution in [2.24, 2.45) is 5.14 Å². The van der Waals surface area contributed by atoms with E-state index in [1.807, 2.05) is 30.3 Å². The van der Waals surface area contributed by atoms with Gasteiger partial charge in [-0.25, -0.2) is 13.6 Å². The fraction of sp³-hybridized carbons (Fsp3) is 0.400. The summed E-state index contributed by atoms with van der Waals surface area (Å²) in [4.78, 5) is 2.01. The minimum atomic E-state index is -3.93. The number of benzene rings is 2. The van der Waals surface area contributed by atoms with Crippen molar-refractivity contribution in [2.75, 3.05) is 18.0 Å². The Balaban J connectivity index is 2.55. The van der Waals surface area contributed by atoms with Crippen molar-refractivity contribution >= 4 is 27.3 Å². The zero-order valence-electron chi connectivity index (χ0n) is 15.8. The van der Waals surface area contributed by atoms with Gasteiger partial charge in [-0.3, -0.25) is 0 Å². The summed E-state index contributed by atoms with van der Waals surface area (Å²) in [6.07, 6.45) is 3.96. The highest BCUT2D eigenvalue weighted by molar-refractivity contribution is 7.89. The van der Waals surface area contributed by atoms with Crippen LogP contribution < -0.4 is 14.8 Å². The molecule has 0 fully saturated rings. The number of rotatable bonds is 10. The van der Waals surface area contributed by atoms with Crippen LogP contribution in [0.5, 0.6) is 11.5 Å². The summed E-state index contributed by atoms with van der Waals surface area (Å²) in [7, 11) is -3.93. The molecule has 27 heavy (non-hydrogen) atoms. The summed E-state index contributed by atoms with van der Waals surface area (Å²) in [6.45, 7) is 5.74. The number of halogens is 1. The van der Waals surface area contributed by atoms with Crippen molar-refractivity contribution in [3.05, 3.63) is 47.5 Å². The van der Waals surface area contributed by atoms with Gasteiger partial charge in [0.05, 0.1) is 5.02 Å². The highest BCUT2D eigenvalue weighted by Crippen LogP contribution is 2.42. The highest BCUT2D eigenvalue weighted by Gasteiger charge is 2.24. The van der Waals surface area contributed by atoms with Gasteiger partial charge < -0.3 is 9.64 Å². The molecule has 0 aromatic heterocycles. The van der Waals surface area contributed by atoms with E-state index in [9.17, 15) is 8.42 Å². The van der Waals surface area contributed by atoms with Gasteiger partial charge in [0, 0.05) is 13.1 Å². The molecule has 2 N–H and O–H groups in total. The van der Waals surface area contributed by atoms with Gasteiger partial charge in [0.1, 0.15) is 16.3 Å². The monoisotopic (exact) mass is 410 g/mol. The zero-order chi connectivity index (χ0) is 19.9. The molecule has 0 saturated heterocycles. The maximum Gasteiger partial charge on any atom is 0.239 e. The van der Waals surface area contributed by atoms with E-state index in [2.05, 4.69) is 18.7 Å². The van der Waals surface area contributed by atoms with Crippen molar-refractivity contribution < 1.29 is 13.2 Å². The number of unbranched alkanes of at least 4 members (excludes halogenated alkanes) is 2. The molecule has 0 radical (unpaired) electrons. The Morgan fingerprint density at radius 2 is 1.59 bits per heavy atom. The van der Waals surface area contributed by atoms with Gasteiger partial charge in [0.2, 0.25) is 10.0 Å². The third kappa shape index (κ3) is 5.86. The van der Waals surface area contributed by atoms with E-state index in [0.29, 0.717) is 17.2 Å². The number of hydrogen-bond acceptors (Lipinski definition) is 4. The first-order chi connectivity index (χ1) is 12.9. The maximum atomic E-state index is 12.0. The quantitative estimate of drug-likeness (QED) is 0.585. The van der Waals surface area contributed by atoms with Crippen LogP contribution in [0, 0.1) is 0 Å². The van der Waals surface area contributed by atoms with Gasteiger partial charge >= 0.3 is 0 Å². The van der Waals surface area contributed by atoms with Gasteiger partial charge in [0.25, 0.3) is 0 Å². The average Bonchev–Trinajstić information content (AvgIpc) is 2.63. The van der Waals surface area contributed by atoms with Crippen LogP contribution in [-0.4, -0.2) is 21.5 Å². The van der Waals surface area contributed by atoms with Crippen LogP contribution in [0.15, 0.2) is 47.4 Å². The minimum Gasteiger partial charge on any atom is -0.455 e. The molecule has 0 spiro atoms. The minimum absolute atomic E-state index is 0.0856. The van der Waals surface area contributed by atoms with Crippen LogP contribution in [0.4, 0.5) is 5.69 Å². The summed E-state index contributed by atoms with van der Waals surface area (Å²) in [6, 6.07) is 12.4. The lowest BCUT2D eigenvalue weighted by atomic mass is 10.2. The molecule has 0 amide bonds. The molecule has 148 valence electrons. The number of sulfonamides is 1. The third-order valence-corrected chi connectivity index (χ3v) is 5.65. The molecular weight excluding hydrogens is 384 g/mol. The predicted molar refractivity (Wildman–Crippen MR) is 111 cm³/mol. The molecule has 0 aliphatic heterocycles. The molecule has 2 aromatic rings. The Morgan fingerprint density at radius 3 is 2.11 bits per heavy atom. The number of primary sulfonamides is 1. The summed E-state index contributed by atoms with van der Waals surface area (Å²) in [5, 5.41) is 5.47. The molecule has 0 aliphatic carbocycles. The molecule has 0 aliphatic rings. The van der Waals surface area contributed by atoms with Gasteiger partial charge in [-0.1, -0.05) is 56.5 Å². The molecule has 0 heterocycles. The zero-order valence-corrected chi connectivity index (χ0v) is 17.4. The number of nitrogens with two attached hydrogens (primary N) is 1. The van der Waals surface area contributed by atoms with Crippen LogP contribution >= 0.6 is 11.6 Å². The second-order valence-corrected chi connectivity index (χ2v) is 8.29. The number of anilines is 1. The Bertz CT molecular complexity index is 834. The molecule has 0 atom stereocenters. The summed E-state index contributed by atoms with van der Waals surface area (Å²) < 4.78 is 30.0. The largest absolute Gasteiger partial charge is 0.455 e. The van der Waals surface area contributed by atoms with Gasteiger partial charge in [-0.2, -0.15) is 0 Å². The lowest BCUT2D eigenvalue weighted by Gasteiger charge is -2.28.